The van der Waals surface area contributed by atoms with Gasteiger partial charge in [-0.05, 0) is 34.0 Å². The van der Waals surface area contributed by atoms with Gasteiger partial charge in [-0.25, -0.2) is 4.39 Å². The highest BCUT2D eigenvalue weighted by atomic mass is 19.1. The fourth-order valence-electron chi connectivity index (χ4n) is 2.73. The molecular weight excluding hydrogens is 307 g/mol. The summed E-state index contributed by atoms with van der Waals surface area (Å²) in [6, 6.07) is 5.80. The van der Waals surface area contributed by atoms with E-state index >= 15 is 0 Å². The second-order valence-electron chi connectivity index (χ2n) is 5.94. The van der Waals surface area contributed by atoms with Crippen LogP contribution in [0.1, 0.15) is 31.0 Å². The number of hydrogen-bond donors (Lipinski definition) is 0. The standard InChI is InChI=1S/C18H25FN4O/c1-5-22(12-14-11-20-23(6-2)13-14)18(24)17(21(3)4)15-9-7-8-10-16(15)19/h7-11,13,17H,5-6,12H2,1-4H3/t17-/m0/s1. The van der Waals surface area contributed by atoms with Crippen molar-refractivity contribution < 1.29 is 9.18 Å². The molecule has 0 saturated heterocycles. The second kappa shape index (κ2) is 8.06. The van der Waals surface area contributed by atoms with E-state index in [-0.39, 0.29) is 11.7 Å². The van der Waals surface area contributed by atoms with E-state index in [1.54, 1.807) is 48.3 Å². The molecule has 1 aromatic carbocycles. The summed E-state index contributed by atoms with van der Waals surface area (Å²) in [7, 11) is 3.58. The largest absolute Gasteiger partial charge is 0.337 e. The van der Waals surface area contributed by atoms with Gasteiger partial charge in [-0.1, -0.05) is 18.2 Å². The minimum atomic E-state index is -0.646. The summed E-state index contributed by atoms with van der Waals surface area (Å²) in [4.78, 5) is 16.5. The maximum Gasteiger partial charge on any atom is 0.244 e. The number of aromatic nitrogens is 2. The van der Waals surface area contributed by atoms with E-state index in [4.69, 9.17) is 0 Å². The zero-order chi connectivity index (χ0) is 17.7. The van der Waals surface area contributed by atoms with Gasteiger partial charge in [-0.15, -0.1) is 0 Å². The van der Waals surface area contributed by atoms with Gasteiger partial charge in [0.25, 0.3) is 0 Å². The lowest BCUT2D eigenvalue weighted by Crippen LogP contribution is -2.40. The zero-order valence-corrected chi connectivity index (χ0v) is 14.7. The smallest absolute Gasteiger partial charge is 0.244 e. The van der Waals surface area contributed by atoms with E-state index < -0.39 is 6.04 Å². The van der Waals surface area contributed by atoms with Crippen LogP contribution in [0.3, 0.4) is 0 Å². The number of carbonyl (C=O) groups excluding carboxylic acids is 1. The minimum Gasteiger partial charge on any atom is -0.337 e. The summed E-state index contributed by atoms with van der Waals surface area (Å²) < 4.78 is 16.0. The topological polar surface area (TPSA) is 41.4 Å². The van der Waals surface area contributed by atoms with Gasteiger partial charge < -0.3 is 4.90 Å². The molecule has 0 fully saturated rings. The Morgan fingerprint density at radius 1 is 1.29 bits per heavy atom. The van der Waals surface area contributed by atoms with Crippen molar-refractivity contribution >= 4 is 5.91 Å². The number of halogens is 1. The number of aryl methyl sites for hydroxylation is 1. The molecule has 0 aliphatic rings. The van der Waals surface area contributed by atoms with Crippen molar-refractivity contribution in [2.75, 3.05) is 20.6 Å². The number of amides is 1. The number of hydrogen-bond acceptors (Lipinski definition) is 3. The first-order valence-corrected chi connectivity index (χ1v) is 8.18. The molecule has 1 amide bonds. The van der Waals surface area contributed by atoms with E-state index in [9.17, 15) is 9.18 Å². The number of rotatable bonds is 7. The third-order valence-corrected chi connectivity index (χ3v) is 4.03. The normalized spacial score (nSPS) is 12.4. The average molecular weight is 332 g/mol. The maximum absolute atomic E-state index is 14.2. The highest BCUT2D eigenvalue weighted by molar-refractivity contribution is 5.83. The van der Waals surface area contributed by atoms with Gasteiger partial charge in [-0.2, -0.15) is 5.10 Å². The predicted molar refractivity (Wildman–Crippen MR) is 91.8 cm³/mol. The van der Waals surface area contributed by atoms with Crippen molar-refractivity contribution in [2.45, 2.75) is 33.0 Å². The third-order valence-electron chi connectivity index (χ3n) is 4.03. The van der Waals surface area contributed by atoms with Gasteiger partial charge in [0.15, 0.2) is 0 Å². The second-order valence-corrected chi connectivity index (χ2v) is 5.94. The van der Waals surface area contributed by atoms with E-state index in [0.717, 1.165) is 12.1 Å². The molecule has 1 aromatic heterocycles. The molecule has 1 atom stereocenters. The molecule has 130 valence electrons. The Kier molecular flexibility index (Phi) is 6.09. The van der Waals surface area contributed by atoms with Crippen LogP contribution in [0.5, 0.6) is 0 Å². The molecule has 0 bridgehead atoms. The van der Waals surface area contributed by atoms with Crippen molar-refractivity contribution in [1.29, 1.82) is 0 Å². The molecule has 0 aliphatic heterocycles. The van der Waals surface area contributed by atoms with E-state index in [0.29, 0.717) is 18.7 Å². The van der Waals surface area contributed by atoms with Crippen LogP contribution in [0.2, 0.25) is 0 Å². The van der Waals surface area contributed by atoms with Crippen LogP contribution in [-0.4, -0.2) is 46.1 Å². The fraction of sp³-hybridized carbons (Fsp3) is 0.444. The van der Waals surface area contributed by atoms with Crippen molar-refractivity contribution in [3.63, 3.8) is 0 Å². The highest BCUT2D eigenvalue weighted by Crippen LogP contribution is 2.24. The molecule has 0 N–H and O–H groups in total. The lowest BCUT2D eigenvalue weighted by molar-refractivity contribution is -0.136. The first kappa shape index (κ1) is 18.1. The fourth-order valence-corrected chi connectivity index (χ4v) is 2.73. The Morgan fingerprint density at radius 2 is 2.00 bits per heavy atom. The highest BCUT2D eigenvalue weighted by Gasteiger charge is 2.29. The van der Waals surface area contributed by atoms with Crippen LogP contribution in [0.25, 0.3) is 0 Å². The SMILES string of the molecule is CCN(Cc1cnn(CC)c1)C(=O)[C@H](c1ccccc1F)N(C)C. The summed E-state index contributed by atoms with van der Waals surface area (Å²) in [5, 5.41) is 4.24. The Balaban J connectivity index is 2.25. The maximum atomic E-state index is 14.2. The van der Waals surface area contributed by atoms with Crippen LogP contribution in [0, 0.1) is 5.82 Å². The molecule has 24 heavy (non-hydrogen) atoms. The Bertz CT molecular complexity index is 683. The molecule has 0 radical (unpaired) electrons. The Labute approximate surface area is 142 Å². The molecule has 2 aromatic rings. The van der Waals surface area contributed by atoms with Gasteiger partial charge >= 0.3 is 0 Å². The summed E-state index contributed by atoms with van der Waals surface area (Å²) in [6.45, 7) is 5.74. The molecule has 2 rings (SSSR count). The minimum absolute atomic E-state index is 0.114. The van der Waals surface area contributed by atoms with Crippen LogP contribution >= 0.6 is 0 Å². The van der Waals surface area contributed by atoms with Crippen LogP contribution in [0.15, 0.2) is 36.7 Å². The summed E-state index contributed by atoms with van der Waals surface area (Å²) in [5.74, 6) is -0.476. The van der Waals surface area contributed by atoms with E-state index in [1.807, 2.05) is 24.7 Å². The van der Waals surface area contributed by atoms with Gasteiger partial charge in [0.05, 0.1) is 6.20 Å². The quantitative estimate of drug-likeness (QED) is 0.783. The lowest BCUT2D eigenvalue weighted by Gasteiger charge is -2.30. The summed E-state index contributed by atoms with van der Waals surface area (Å²) >= 11 is 0. The molecule has 0 spiro atoms. The number of likely N-dealkylation sites (N-methyl/N-ethyl adjacent to an activating group) is 2. The Hall–Kier alpha value is -2.21. The van der Waals surface area contributed by atoms with Gasteiger partial charge in [0.1, 0.15) is 11.9 Å². The first-order valence-electron chi connectivity index (χ1n) is 8.18. The molecule has 0 saturated carbocycles. The molecule has 0 aliphatic carbocycles. The van der Waals surface area contributed by atoms with E-state index in [2.05, 4.69) is 5.10 Å². The van der Waals surface area contributed by atoms with Crippen molar-refractivity contribution in [2.24, 2.45) is 0 Å². The number of benzene rings is 1. The summed E-state index contributed by atoms with van der Waals surface area (Å²) in [6.07, 6.45) is 3.71. The third kappa shape index (κ3) is 4.00. The monoisotopic (exact) mass is 332 g/mol. The molecule has 0 unspecified atom stereocenters. The van der Waals surface area contributed by atoms with Gasteiger partial charge in [-0.3, -0.25) is 14.4 Å². The van der Waals surface area contributed by atoms with Crippen molar-refractivity contribution in [3.8, 4) is 0 Å². The first-order chi connectivity index (χ1) is 11.5. The average Bonchev–Trinajstić information content (AvgIpc) is 3.02. The zero-order valence-electron chi connectivity index (χ0n) is 14.7. The van der Waals surface area contributed by atoms with Gasteiger partial charge in [0, 0.05) is 37.0 Å². The van der Waals surface area contributed by atoms with Crippen molar-refractivity contribution in [1.82, 2.24) is 19.6 Å². The molecule has 1 heterocycles. The van der Waals surface area contributed by atoms with Gasteiger partial charge in [0.2, 0.25) is 5.91 Å². The van der Waals surface area contributed by atoms with E-state index in [1.165, 1.54) is 6.07 Å². The summed E-state index contributed by atoms with van der Waals surface area (Å²) in [5.41, 5.74) is 1.37. The predicted octanol–water partition coefficient (Wildman–Crippen LogP) is 2.69. The number of carbonyl (C=O) groups is 1. The molecule has 5 nitrogen and oxygen atoms in total. The molecular formula is C18H25FN4O. The van der Waals surface area contributed by atoms with Crippen LogP contribution in [0.4, 0.5) is 4.39 Å². The Morgan fingerprint density at radius 3 is 2.54 bits per heavy atom. The van der Waals surface area contributed by atoms with Crippen LogP contribution in [-0.2, 0) is 17.9 Å². The van der Waals surface area contributed by atoms with Crippen LogP contribution < -0.4 is 0 Å². The number of nitrogens with zero attached hydrogens (tertiary/aromatic N) is 4. The van der Waals surface area contributed by atoms with Crippen molar-refractivity contribution in [3.05, 3.63) is 53.6 Å². The molecule has 6 heteroatoms. The lowest BCUT2D eigenvalue weighted by atomic mass is 10.0.